The van der Waals surface area contributed by atoms with Gasteiger partial charge in [0.2, 0.25) is 0 Å². The molecule has 0 heterocycles. The van der Waals surface area contributed by atoms with Crippen molar-refractivity contribution >= 4 is 18.2 Å². The number of hydrogen-bond donors (Lipinski definition) is 0. The van der Waals surface area contributed by atoms with Crippen molar-refractivity contribution in [2.45, 2.75) is 64.5 Å². The molecule has 2 rings (SSSR count). The second-order valence-electron chi connectivity index (χ2n) is 9.32. The Morgan fingerprint density at radius 3 is 2.05 bits per heavy atom. The number of rotatable bonds is 15. The minimum Gasteiger partial charge on any atom is -0.463 e. The lowest BCUT2D eigenvalue weighted by atomic mass is 10.0. The fourth-order valence-electron chi connectivity index (χ4n) is 3.59. The van der Waals surface area contributed by atoms with E-state index < -0.39 is 29.6 Å². The molecule has 0 saturated carbocycles. The molecule has 5 nitrogen and oxygen atoms in total. The largest absolute Gasteiger partial charge is 0.463 e. The molecule has 2 unspecified atom stereocenters. The minimum absolute atomic E-state index is 0.0384. The van der Waals surface area contributed by atoms with Gasteiger partial charge in [-0.05, 0) is 56.0 Å². The van der Waals surface area contributed by atoms with E-state index >= 15 is 0 Å². The molecule has 0 aliphatic carbocycles. The van der Waals surface area contributed by atoms with E-state index in [4.69, 9.17) is 13.7 Å². The van der Waals surface area contributed by atoms with Crippen molar-refractivity contribution < 1.29 is 44.8 Å². The molecular formula is C31H39F6NO4S. The van der Waals surface area contributed by atoms with Gasteiger partial charge in [0.15, 0.2) is 0 Å². The highest BCUT2D eigenvalue weighted by molar-refractivity contribution is 7.92. The Morgan fingerprint density at radius 1 is 1.00 bits per heavy atom. The van der Waals surface area contributed by atoms with Gasteiger partial charge in [-0.25, -0.2) is 9.10 Å². The molecule has 12 heteroatoms. The van der Waals surface area contributed by atoms with E-state index in [-0.39, 0.29) is 23.6 Å². The predicted molar refractivity (Wildman–Crippen MR) is 157 cm³/mol. The summed E-state index contributed by atoms with van der Waals surface area (Å²) < 4.78 is 92.5. The third-order valence-electron chi connectivity index (χ3n) is 6.00. The Morgan fingerprint density at radius 2 is 1.58 bits per heavy atom. The monoisotopic (exact) mass is 635 g/mol. The van der Waals surface area contributed by atoms with Crippen molar-refractivity contribution in [3.8, 4) is 0 Å². The van der Waals surface area contributed by atoms with Crippen molar-refractivity contribution in [2.24, 2.45) is 0 Å². The molecule has 43 heavy (non-hydrogen) atoms. The molecule has 0 amide bonds. The topological polar surface area (TPSA) is 48.0 Å². The van der Waals surface area contributed by atoms with Gasteiger partial charge in [0, 0.05) is 19.2 Å². The summed E-state index contributed by atoms with van der Waals surface area (Å²) in [5.41, 5.74) is -1.28. The maximum atomic E-state index is 12.5. The van der Waals surface area contributed by atoms with E-state index in [9.17, 15) is 31.1 Å². The first-order chi connectivity index (χ1) is 20.2. The maximum absolute atomic E-state index is 12.5. The number of hydrogen-bond acceptors (Lipinski definition) is 6. The van der Waals surface area contributed by atoms with Crippen LogP contribution in [0.15, 0.2) is 73.3 Å². The average Bonchev–Trinajstić information content (AvgIpc) is 2.96. The summed E-state index contributed by atoms with van der Waals surface area (Å²) in [7, 11) is 1.21. The van der Waals surface area contributed by atoms with Gasteiger partial charge in [-0.3, -0.25) is 0 Å². The molecule has 0 N–H and O–H groups in total. The summed E-state index contributed by atoms with van der Waals surface area (Å²) in [6.45, 7) is 14.4. The van der Waals surface area contributed by atoms with Gasteiger partial charge in [-0.1, -0.05) is 56.3 Å². The number of carbonyl (C=O) groups is 1. The zero-order valence-electron chi connectivity index (χ0n) is 24.8. The Balaban J connectivity index is 0.000000453. The summed E-state index contributed by atoms with van der Waals surface area (Å²) in [6.07, 6.45) is -5.82. The van der Waals surface area contributed by atoms with Gasteiger partial charge < -0.3 is 13.7 Å². The van der Waals surface area contributed by atoms with E-state index in [0.717, 1.165) is 24.8 Å². The molecule has 0 aromatic heterocycles. The number of methoxy groups -OCH3 is 1. The Bertz CT molecular complexity index is 1110. The third kappa shape index (κ3) is 13.6. The Kier molecular flexibility index (Phi) is 16.7. The number of ether oxygens (including phenoxy) is 2. The van der Waals surface area contributed by atoms with Crippen LogP contribution in [-0.2, 0) is 30.8 Å². The lowest BCUT2D eigenvalue weighted by Crippen LogP contribution is -2.27. The number of halogens is 6. The highest BCUT2D eigenvalue weighted by Gasteiger charge is 2.37. The van der Waals surface area contributed by atoms with Crippen molar-refractivity contribution in [3.63, 3.8) is 0 Å². The summed E-state index contributed by atoms with van der Waals surface area (Å²) in [4.78, 5) is 12.0. The highest BCUT2D eigenvalue weighted by Crippen LogP contribution is 2.38. The van der Waals surface area contributed by atoms with Crippen molar-refractivity contribution in [2.75, 3.05) is 26.9 Å². The van der Waals surface area contributed by atoms with Crippen LogP contribution in [0.5, 0.6) is 0 Å². The van der Waals surface area contributed by atoms with E-state index in [2.05, 4.69) is 32.2 Å². The smallest absolute Gasteiger partial charge is 0.416 e. The lowest BCUT2D eigenvalue weighted by Gasteiger charge is -2.29. The molecule has 0 saturated heterocycles. The number of esters is 1. The quantitative estimate of drug-likeness (QED) is 0.0370. The van der Waals surface area contributed by atoms with E-state index in [0.29, 0.717) is 37.5 Å². The number of carbonyl (C=O) groups excluding carboxylic acids is 1. The maximum Gasteiger partial charge on any atom is 0.416 e. The highest BCUT2D eigenvalue weighted by atomic mass is 32.2. The summed E-state index contributed by atoms with van der Waals surface area (Å²) in [6, 6.07) is 11.6. The van der Waals surface area contributed by atoms with Gasteiger partial charge in [0.05, 0.1) is 48.7 Å². The molecule has 0 spiro atoms. The molecule has 2 aromatic rings. The standard InChI is InChI=1S/C20H29NO3S.C11H10F6O/c1-5-8-15-24-25-21(16-17(4)20(22)23-7-3)19(12-6-2)18-13-10-9-11-14-18;1-6(18-2)7-3-8(10(12,13)14)5-9(4-7)11(15,16)17/h6,9-11,13-14,19H,2,4-5,7-8,12,15-16H2,1,3H3;3-6H,1-2H3. The van der Waals surface area contributed by atoms with Crippen LogP contribution in [-0.4, -0.2) is 37.1 Å². The van der Waals surface area contributed by atoms with E-state index in [1.54, 1.807) is 6.92 Å². The zero-order chi connectivity index (χ0) is 32.6. The SMILES string of the molecule is C=CCC(c1ccccc1)N(CC(=C)C(=O)OCC)SOCCCC.COC(C)c1cc(C(F)(F)F)cc(C(F)(F)F)c1. The number of unbranched alkanes of at least 4 members (excludes halogenated alkanes) is 1. The molecule has 0 radical (unpaired) electrons. The van der Waals surface area contributed by atoms with Crippen molar-refractivity contribution in [1.29, 1.82) is 0 Å². The number of nitrogens with zero attached hydrogens (tertiary/aromatic N) is 1. The molecule has 2 aromatic carbocycles. The van der Waals surface area contributed by atoms with E-state index in [1.807, 2.05) is 28.6 Å². The lowest BCUT2D eigenvalue weighted by molar-refractivity contribution is -0.143. The fourth-order valence-corrected chi connectivity index (χ4v) is 4.43. The second kappa shape index (κ2) is 18.8. The van der Waals surface area contributed by atoms with Gasteiger partial charge in [-0.2, -0.15) is 26.3 Å². The molecule has 2 atom stereocenters. The Labute approximate surface area is 254 Å². The first kappa shape index (κ1) is 38.2. The minimum atomic E-state index is -4.83. The molecule has 0 fully saturated rings. The van der Waals surface area contributed by atoms with Gasteiger partial charge in [0.1, 0.15) is 0 Å². The molecular weight excluding hydrogens is 596 g/mol. The van der Waals surface area contributed by atoms with Crippen LogP contribution in [0.25, 0.3) is 0 Å². The van der Waals surface area contributed by atoms with Crippen LogP contribution in [0.1, 0.15) is 74.4 Å². The summed E-state index contributed by atoms with van der Waals surface area (Å²) in [5, 5.41) is 0. The zero-order valence-corrected chi connectivity index (χ0v) is 25.6. The van der Waals surface area contributed by atoms with E-state index in [1.165, 1.54) is 26.3 Å². The third-order valence-corrected chi connectivity index (χ3v) is 6.84. The van der Waals surface area contributed by atoms with Crippen LogP contribution in [0.2, 0.25) is 0 Å². The van der Waals surface area contributed by atoms with Crippen LogP contribution in [0.3, 0.4) is 0 Å². The molecule has 0 bridgehead atoms. The molecule has 0 aliphatic rings. The molecule has 240 valence electrons. The summed E-state index contributed by atoms with van der Waals surface area (Å²) in [5.74, 6) is -0.368. The predicted octanol–water partition coefficient (Wildman–Crippen LogP) is 9.54. The van der Waals surface area contributed by atoms with Gasteiger partial charge >= 0.3 is 18.3 Å². The van der Waals surface area contributed by atoms with Gasteiger partial charge in [-0.15, -0.1) is 6.58 Å². The normalized spacial score (nSPS) is 13.1. The fraction of sp³-hybridized carbons (Fsp3) is 0.452. The number of alkyl halides is 6. The van der Waals surface area contributed by atoms with Crippen LogP contribution in [0.4, 0.5) is 26.3 Å². The molecule has 0 aliphatic heterocycles. The van der Waals surface area contributed by atoms with Crippen molar-refractivity contribution in [3.05, 3.63) is 95.6 Å². The van der Waals surface area contributed by atoms with Crippen LogP contribution >= 0.6 is 12.2 Å². The van der Waals surface area contributed by atoms with Crippen molar-refractivity contribution in [1.82, 2.24) is 4.31 Å². The second-order valence-corrected chi connectivity index (χ2v) is 10.2. The Hall–Kier alpha value is -2.80. The first-order valence-electron chi connectivity index (χ1n) is 13.6. The van der Waals surface area contributed by atoms with Crippen LogP contribution < -0.4 is 0 Å². The van der Waals surface area contributed by atoms with Gasteiger partial charge in [0.25, 0.3) is 0 Å². The first-order valence-corrected chi connectivity index (χ1v) is 14.3. The average molecular weight is 636 g/mol. The number of benzene rings is 2. The van der Waals surface area contributed by atoms with Crippen LogP contribution in [0, 0.1) is 0 Å². The summed E-state index contributed by atoms with van der Waals surface area (Å²) >= 11 is 1.29.